The topological polar surface area (TPSA) is 79.7 Å². The number of amides is 1. The maximum absolute atomic E-state index is 13.2. The summed E-state index contributed by atoms with van der Waals surface area (Å²) in [6, 6.07) is 6.35. The lowest BCUT2D eigenvalue weighted by Gasteiger charge is -2.30. The Morgan fingerprint density at radius 1 is 1.15 bits per heavy atom. The highest BCUT2D eigenvalue weighted by atomic mass is 32.2. The number of rotatable bonds is 9. The van der Waals surface area contributed by atoms with E-state index < -0.39 is 45.8 Å². The lowest BCUT2D eigenvalue weighted by atomic mass is 10.0. The number of carbonyl (C=O) groups excluding carboxylic acids is 1. The lowest BCUT2D eigenvalue weighted by Crippen LogP contribution is -2.40. The average molecular weight is 500 g/mol. The van der Waals surface area contributed by atoms with Gasteiger partial charge in [0, 0.05) is 31.4 Å². The first-order valence-electron chi connectivity index (χ1n) is 11.1. The zero-order chi connectivity index (χ0) is 25.3. The molecule has 11 heteroatoms. The van der Waals surface area contributed by atoms with Gasteiger partial charge in [-0.2, -0.15) is 17.5 Å². The Labute approximate surface area is 196 Å². The van der Waals surface area contributed by atoms with Crippen molar-refractivity contribution in [1.82, 2.24) is 13.8 Å². The molecular weight excluding hydrogens is 471 g/mol. The van der Waals surface area contributed by atoms with Crippen LogP contribution >= 0.6 is 0 Å². The summed E-state index contributed by atoms with van der Waals surface area (Å²) in [7, 11) is -3.84. The molecule has 1 heterocycles. The molecule has 0 saturated heterocycles. The smallest absolute Gasteiger partial charge is 0.331 e. The summed E-state index contributed by atoms with van der Waals surface area (Å²) in [6.45, 7) is 5.13. The molecule has 0 aliphatic heterocycles. The van der Waals surface area contributed by atoms with Gasteiger partial charge in [-0.1, -0.05) is 26.0 Å². The van der Waals surface area contributed by atoms with Crippen LogP contribution in [-0.2, 0) is 27.5 Å². The third kappa shape index (κ3) is 5.52. The van der Waals surface area contributed by atoms with Crippen LogP contribution in [0, 0.1) is 0 Å². The minimum atomic E-state index is -4.51. The van der Waals surface area contributed by atoms with Gasteiger partial charge >= 0.3 is 6.18 Å². The third-order valence-electron chi connectivity index (χ3n) is 5.95. The zero-order valence-electron chi connectivity index (χ0n) is 19.2. The molecule has 186 valence electrons. The number of halogens is 3. The van der Waals surface area contributed by atoms with Gasteiger partial charge in [0.2, 0.25) is 15.9 Å². The number of aromatic nitrogens is 1. The molecule has 0 bridgehead atoms. The van der Waals surface area contributed by atoms with E-state index in [-0.39, 0.29) is 24.0 Å². The minimum absolute atomic E-state index is 0.104. The molecule has 1 aromatic heterocycles. The van der Waals surface area contributed by atoms with Gasteiger partial charge in [0.05, 0.1) is 16.5 Å². The van der Waals surface area contributed by atoms with E-state index in [1.165, 1.54) is 27.4 Å². The monoisotopic (exact) mass is 499 g/mol. The van der Waals surface area contributed by atoms with Crippen molar-refractivity contribution in [3.8, 4) is 0 Å². The Morgan fingerprint density at radius 2 is 1.79 bits per heavy atom. The first-order chi connectivity index (χ1) is 15.9. The Morgan fingerprint density at radius 3 is 2.35 bits per heavy atom. The number of carbonyl (C=O) groups is 1. The molecule has 1 aliphatic carbocycles. The van der Waals surface area contributed by atoms with Crippen molar-refractivity contribution in [2.24, 2.45) is 0 Å². The van der Waals surface area contributed by atoms with Gasteiger partial charge in [-0.05, 0) is 43.5 Å². The number of pyridine rings is 1. The van der Waals surface area contributed by atoms with Gasteiger partial charge in [-0.25, -0.2) is 8.42 Å². The minimum Gasteiger partial charge on any atom is -0.331 e. The summed E-state index contributed by atoms with van der Waals surface area (Å²) in [5.41, 5.74) is -1.01. The molecule has 34 heavy (non-hydrogen) atoms. The van der Waals surface area contributed by atoms with Crippen LogP contribution in [0.25, 0.3) is 0 Å². The number of nitrogens with zero attached hydrogens (tertiary/aromatic N) is 3. The molecular formula is C23H28F3N3O4S. The van der Waals surface area contributed by atoms with Crippen LogP contribution in [0.2, 0.25) is 0 Å². The fourth-order valence-electron chi connectivity index (χ4n) is 3.95. The van der Waals surface area contributed by atoms with E-state index in [1.54, 1.807) is 20.8 Å². The van der Waals surface area contributed by atoms with Crippen LogP contribution in [0.1, 0.15) is 50.8 Å². The standard InChI is InChI=1S/C23H28F3N3O4S/c1-4-28(5-2)34(32,33)20-11-12-21(30)27(14-20)15-22(31)29(19-9-10-19)16(3)17-7-6-8-18(13-17)23(24,25)26/h6-8,11-14,16,19H,4-5,9-10,15H2,1-3H3. The van der Waals surface area contributed by atoms with E-state index >= 15 is 0 Å². The Balaban J connectivity index is 1.90. The van der Waals surface area contributed by atoms with Gasteiger partial charge in [0.25, 0.3) is 5.56 Å². The van der Waals surface area contributed by atoms with E-state index in [0.717, 1.165) is 29.0 Å². The largest absolute Gasteiger partial charge is 0.416 e. The number of alkyl halides is 3. The molecule has 1 aliphatic rings. The summed E-state index contributed by atoms with van der Waals surface area (Å²) in [5.74, 6) is -0.466. The first-order valence-corrected chi connectivity index (χ1v) is 12.5. The predicted molar refractivity (Wildman–Crippen MR) is 121 cm³/mol. The van der Waals surface area contributed by atoms with Crippen molar-refractivity contribution in [2.45, 2.75) is 63.3 Å². The van der Waals surface area contributed by atoms with E-state index in [1.807, 2.05) is 0 Å². The number of hydrogen-bond acceptors (Lipinski definition) is 4. The van der Waals surface area contributed by atoms with E-state index in [4.69, 9.17) is 0 Å². The second-order valence-corrected chi connectivity index (χ2v) is 10.2. The van der Waals surface area contributed by atoms with E-state index in [9.17, 15) is 31.2 Å². The predicted octanol–water partition coefficient (Wildman–Crippen LogP) is 3.65. The van der Waals surface area contributed by atoms with Gasteiger partial charge in [0.1, 0.15) is 6.54 Å². The SMILES string of the molecule is CCN(CC)S(=O)(=O)c1ccc(=O)n(CC(=O)N(C2CC2)C(C)c2cccc(C(F)(F)F)c2)c1. The maximum atomic E-state index is 13.2. The molecule has 1 aromatic carbocycles. The average Bonchev–Trinajstić information content (AvgIpc) is 3.60. The summed E-state index contributed by atoms with van der Waals surface area (Å²) in [4.78, 5) is 27.0. The normalized spacial score (nSPS) is 15.4. The molecule has 1 unspecified atom stereocenters. The second kappa shape index (κ2) is 9.91. The maximum Gasteiger partial charge on any atom is 0.416 e. The summed E-state index contributed by atoms with van der Waals surface area (Å²) < 4.78 is 67.4. The Bertz CT molecular complexity index is 1200. The molecule has 7 nitrogen and oxygen atoms in total. The highest BCUT2D eigenvalue weighted by Crippen LogP contribution is 2.36. The fourth-order valence-corrected chi connectivity index (χ4v) is 5.43. The molecule has 0 spiro atoms. The molecule has 0 radical (unpaired) electrons. The second-order valence-electron chi connectivity index (χ2n) is 8.25. The molecule has 3 rings (SSSR count). The van der Waals surface area contributed by atoms with E-state index in [2.05, 4.69) is 0 Å². The molecule has 1 saturated carbocycles. The first kappa shape index (κ1) is 26.0. The number of hydrogen-bond donors (Lipinski definition) is 0. The van der Waals surface area contributed by atoms with Crippen LogP contribution in [0.4, 0.5) is 13.2 Å². The zero-order valence-corrected chi connectivity index (χ0v) is 20.1. The van der Waals surface area contributed by atoms with Crippen LogP contribution < -0.4 is 5.56 Å². The van der Waals surface area contributed by atoms with Gasteiger partial charge in [-0.3, -0.25) is 9.59 Å². The number of benzene rings is 1. The molecule has 0 N–H and O–H groups in total. The lowest BCUT2D eigenvalue weighted by molar-refractivity contribution is -0.137. The highest BCUT2D eigenvalue weighted by molar-refractivity contribution is 7.89. The third-order valence-corrected chi connectivity index (χ3v) is 7.98. The van der Waals surface area contributed by atoms with Crippen LogP contribution in [0.3, 0.4) is 0 Å². The Hall–Kier alpha value is -2.66. The van der Waals surface area contributed by atoms with Crippen molar-refractivity contribution < 1.29 is 26.4 Å². The van der Waals surface area contributed by atoms with Gasteiger partial charge < -0.3 is 9.47 Å². The molecule has 1 atom stereocenters. The molecule has 1 amide bonds. The quantitative estimate of drug-likeness (QED) is 0.528. The van der Waals surface area contributed by atoms with Crippen LogP contribution in [0.15, 0.2) is 52.3 Å². The summed E-state index contributed by atoms with van der Waals surface area (Å²) in [5, 5.41) is 0. The van der Waals surface area contributed by atoms with Crippen molar-refractivity contribution in [2.75, 3.05) is 13.1 Å². The fraction of sp³-hybridized carbons (Fsp3) is 0.478. The Kier molecular flexibility index (Phi) is 7.56. The van der Waals surface area contributed by atoms with Crippen molar-refractivity contribution in [3.63, 3.8) is 0 Å². The highest BCUT2D eigenvalue weighted by Gasteiger charge is 2.37. The summed E-state index contributed by atoms with van der Waals surface area (Å²) >= 11 is 0. The van der Waals surface area contributed by atoms with Crippen molar-refractivity contribution >= 4 is 15.9 Å². The van der Waals surface area contributed by atoms with E-state index in [0.29, 0.717) is 18.4 Å². The molecule has 2 aromatic rings. The summed E-state index contributed by atoms with van der Waals surface area (Å²) in [6.07, 6.45) is -1.94. The van der Waals surface area contributed by atoms with Crippen molar-refractivity contribution in [3.05, 3.63) is 64.1 Å². The van der Waals surface area contributed by atoms with Gasteiger partial charge in [0.15, 0.2) is 0 Å². The number of sulfonamides is 1. The van der Waals surface area contributed by atoms with Crippen LogP contribution in [0.5, 0.6) is 0 Å². The molecule has 1 fully saturated rings. The van der Waals surface area contributed by atoms with Crippen LogP contribution in [-0.4, -0.2) is 47.2 Å². The van der Waals surface area contributed by atoms with Crippen molar-refractivity contribution in [1.29, 1.82) is 0 Å². The van der Waals surface area contributed by atoms with Gasteiger partial charge in [-0.15, -0.1) is 0 Å².